The van der Waals surface area contributed by atoms with E-state index in [0.717, 1.165) is 11.1 Å². The minimum atomic E-state index is -0.708. The van der Waals surface area contributed by atoms with Crippen LogP contribution in [0, 0.1) is 0 Å². The maximum Gasteiger partial charge on any atom is 0.338 e. The van der Waals surface area contributed by atoms with Gasteiger partial charge in [0, 0.05) is 6.54 Å². The Balaban J connectivity index is 1.94. The summed E-state index contributed by atoms with van der Waals surface area (Å²) in [6.07, 6.45) is 2.05. The fourth-order valence-electron chi connectivity index (χ4n) is 2.27. The number of nitrogens with one attached hydrogen (secondary N) is 2. The third-order valence-electron chi connectivity index (χ3n) is 3.47. The minimum Gasteiger partial charge on any atom is -0.452 e. The summed E-state index contributed by atoms with van der Waals surface area (Å²) in [6.45, 7) is 3.13. The molecule has 0 saturated heterocycles. The van der Waals surface area contributed by atoms with Crippen molar-refractivity contribution in [2.75, 3.05) is 13.2 Å². The van der Waals surface area contributed by atoms with Gasteiger partial charge in [0.25, 0.3) is 5.91 Å². The van der Waals surface area contributed by atoms with Crippen molar-refractivity contribution in [3.8, 4) is 0 Å². The second-order valence-corrected chi connectivity index (χ2v) is 5.44. The summed E-state index contributed by atoms with van der Waals surface area (Å²) in [6, 6.07) is 16.1. The third kappa shape index (κ3) is 5.90. The summed E-state index contributed by atoms with van der Waals surface area (Å²) >= 11 is 0. The van der Waals surface area contributed by atoms with Gasteiger partial charge in [-0.1, -0.05) is 54.6 Å². The average Bonchev–Trinajstić information content (AvgIpc) is 2.65. The summed E-state index contributed by atoms with van der Waals surface area (Å²) in [5.74, 6) is -1.32. The van der Waals surface area contributed by atoms with Crippen LogP contribution in [0.4, 0.5) is 4.79 Å². The lowest BCUT2D eigenvalue weighted by atomic mass is 10.00. The molecule has 2 rings (SSSR count). The van der Waals surface area contributed by atoms with Crippen molar-refractivity contribution in [1.82, 2.24) is 10.6 Å². The zero-order valence-corrected chi connectivity index (χ0v) is 14.2. The molecule has 0 bridgehead atoms. The van der Waals surface area contributed by atoms with Crippen molar-refractivity contribution in [1.29, 1.82) is 0 Å². The number of amides is 3. The zero-order chi connectivity index (χ0) is 18.8. The first kappa shape index (κ1) is 18.9. The van der Waals surface area contributed by atoms with Gasteiger partial charge in [0.1, 0.15) is 0 Å². The number of carbonyl (C=O) groups excluding carboxylic acids is 3. The van der Waals surface area contributed by atoms with E-state index in [1.165, 1.54) is 6.08 Å². The fourth-order valence-corrected chi connectivity index (χ4v) is 2.27. The third-order valence-corrected chi connectivity index (χ3v) is 3.47. The van der Waals surface area contributed by atoms with Gasteiger partial charge in [-0.25, -0.2) is 9.59 Å². The summed E-state index contributed by atoms with van der Waals surface area (Å²) in [7, 11) is 0. The summed E-state index contributed by atoms with van der Waals surface area (Å²) < 4.78 is 5.02. The first-order valence-corrected chi connectivity index (χ1v) is 8.07. The monoisotopic (exact) mass is 352 g/mol. The van der Waals surface area contributed by atoms with Crippen molar-refractivity contribution in [3.63, 3.8) is 0 Å². The van der Waals surface area contributed by atoms with Crippen LogP contribution in [0.2, 0.25) is 0 Å². The molecule has 0 heterocycles. The standard InChI is InChI=1S/C20H20N2O4/c1-2-12-21-20(25)22-18(23)14-26-19(24)17-11-7-6-10-16(17)13-15-8-4-3-5-9-15/h2-11H,1,12-14H2,(H2,21,22,23,25). The molecule has 0 atom stereocenters. The highest BCUT2D eigenvalue weighted by Gasteiger charge is 2.15. The number of hydrogen-bond acceptors (Lipinski definition) is 4. The van der Waals surface area contributed by atoms with Gasteiger partial charge in [-0.15, -0.1) is 6.58 Å². The quantitative estimate of drug-likeness (QED) is 0.592. The summed E-state index contributed by atoms with van der Waals surface area (Å²) in [5.41, 5.74) is 2.25. The topological polar surface area (TPSA) is 84.5 Å². The molecule has 0 saturated carbocycles. The Morgan fingerprint density at radius 3 is 2.42 bits per heavy atom. The zero-order valence-electron chi connectivity index (χ0n) is 14.2. The van der Waals surface area contributed by atoms with E-state index in [-0.39, 0.29) is 6.54 Å². The lowest BCUT2D eigenvalue weighted by Gasteiger charge is -2.10. The van der Waals surface area contributed by atoms with E-state index in [4.69, 9.17) is 4.74 Å². The highest BCUT2D eigenvalue weighted by Crippen LogP contribution is 2.15. The van der Waals surface area contributed by atoms with Gasteiger partial charge in [-0.2, -0.15) is 0 Å². The van der Waals surface area contributed by atoms with Crippen LogP contribution in [0.15, 0.2) is 67.3 Å². The van der Waals surface area contributed by atoms with Gasteiger partial charge in [0.15, 0.2) is 6.61 Å². The molecule has 2 N–H and O–H groups in total. The Hall–Kier alpha value is -3.41. The smallest absolute Gasteiger partial charge is 0.338 e. The van der Waals surface area contributed by atoms with Gasteiger partial charge in [-0.3, -0.25) is 10.1 Å². The molecule has 0 aromatic heterocycles. The van der Waals surface area contributed by atoms with Gasteiger partial charge in [-0.05, 0) is 23.6 Å². The van der Waals surface area contributed by atoms with E-state index in [9.17, 15) is 14.4 Å². The number of carbonyl (C=O) groups is 3. The van der Waals surface area contributed by atoms with Gasteiger partial charge < -0.3 is 10.1 Å². The molecule has 26 heavy (non-hydrogen) atoms. The van der Waals surface area contributed by atoms with Crippen molar-refractivity contribution < 1.29 is 19.1 Å². The number of hydrogen-bond donors (Lipinski definition) is 2. The Labute approximate surface area is 151 Å². The van der Waals surface area contributed by atoms with Crippen LogP contribution in [0.3, 0.4) is 0 Å². The van der Waals surface area contributed by atoms with Crippen molar-refractivity contribution in [3.05, 3.63) is 83.9 Å². The predicted molar refractivity (Wildman–Crippen MR) is 97.7 cm³/mol. The van der Waals surface area contributed by atoms with Crippen molar-refractivity contribution >= 4 is 17.9 Å². The Morgan fingerprint density at radius 2 is 1.69 bits per heavy atom. The highest BCUT2D eigenvalue weighted by atomic mass is 16.5. The van der Waals surface area contributed by atoms with Gasteiger partial charge in [0.05, 0.1) is 5.56 Å². The largest absolute Gasteiger partial charge is 0.452 e. The first-order valence-electron chi connectivity index (χ1n) is 8.07. The average molecular weight is 352 g/mol. The van der Waals surface area contributed by atoms with E-state index in [2.05, 4.69) is 17.2 Å². The first-order chi connectivity index (χ1) is 12.6. The number of benzene rings is 2. The molecule has 0 unspecified atom stereocenters. The second-order valence-electron chi connectivity index (χ2n) is 5.44. The van der Waals surface area contributed by atoms with Crippen molar-refractivity contribution in [2.24, 2.45) is 0 Å². The molecule has 0 aliphatic carbocycles. The number of urea groups is 1. The maximum absolute atomic E-state index is 12.3. The van der Waals surface area contributed by atoms with Crippen LogP contribution in [0.1, 0.15) is 21.5 Å². The molecule has 2 aromatic carbocycles. The molecule has 6 heteroatoms. The SMILES string of the molecule is C=CCNC(=O)NC(=O)COC(=O)c1ccccc1Cc1ccccc1. The van der Waals surface area contributed by atoms with Crippen LogP contribution in [0.25, 0.3) is 0 Å². The number of ether oxygens (including phenoxy) is 1. The number of imide groups is 1. The highest BCUT2D eigenvalue weighted by molar-refractivity contribution is 5.97. The Morgan fingerprint density at radius 1 is 1.00 bits per heavy atom. The summed E-state index contributed by atoms with van der Waals surface area (Å²) in [5, 5.41) is 4.45. The minimum absolute atomic E-state index is 0.228. The molecule has 134 valence electrons. The lowest BCUT2D eigenvalue weighted by Crippen LogP contribution is -2.41. The molecule has 6 nitrogen and oxygen atoms in total. The molecule has 3 amide bonds. The molecule has 0 aliphatic rings. The van der Waals surface area contributed by atoms with E-state index >= 15 is 0 Å². The van der Waals surface area contributed by atoms with E-state index in [1.54, 1.807) is 12.1 Å². The van der Waals surface area contributed by atoms with Crippen LogP contribution in [-0.4, -0.2) is 31.1 Å². The van der Waals surface area contributed by atoms with E-state index in [1.807, 2.05) is 42.5 Å². The van der Waals surface area contributed by atoms with Gasteiger partial charge >= 0.3 is 12.0 Å². The van der Waals surface area contributed by atoms with Crippen LogP contribution in [-0.2, 0) is 16.0 Å². The molecule has 0 spiro atoms. The Kier molecular flexibility index (Phi) is 7.12. The maximum atomic E-state index is 12.3. The Bertz CT molecular complexity index is 787. The number of esters is 1. The molecule has 0 fully saturated rings. The van der Waals surface area contributed by atoms with Crippen molar-refractivity contribution in [2.45, 2.75) is 6.42 Å². The molecule has 0 radical (unpaired) electrons. The van der Waals surface area contributed by atoms with Gasteiger partial charge in [0.2, 0.25) is 0 Å². The van der Waals surface area contributed by atoms with Crippen LogP contribution >= 0.6 is 0 Å². The van der Waals surface area contributed by atoms with Crippen LogP contribution in [0.5, 0.6) is 0 Å². The molecular formula is C20H20N2O4. The predicted octanol–water partition coefficient (Wildman–Crippen LogP) is 2.45. The van der Waals surface area contributed by atoms with E-state index < -0.39 is 24.5 Å². The molecule has 2 aromatic rings. The molecule has 0 aliphatic heterocycles. The van der Waals surface area contributed by atoms with Crippen LogP contribution < -0.4 is 10.6 Å². The molecular weight excluding hydrogens is 332 g/mol. The fraction of sp³-hybridized carbons (Fsp3) is 0.150. The number of rotatable bonds is 7. The van der Waals surface area contributed by atoms with E-state index in [0.29, 0.717) is 12.0 Å². The summed E-state index contributed by atoms with van der Waals surface area (Å²) in [4.78, 5) is 35.3. The lowest BCUT2D eigenvalue weighted by molar-refractivity contribution is -0.123. The normalized spacial score (nSPS) is 9.85. The second kappa shape index (κ2) is 9.78.